The highest BCUT2D eigenvalue weighted by molar-refractivity contribution is 8.00. The third-order valence-electron chi connectivity index (χ3n) is 13.0. The van der Waals surface area contributed by atoms with Gasteiger partial charge in [-0.05, 0) is 113 Å². The highest BCUT2D eigenvalue weighted by Gasteiger charge is 2.54. The standard InChI is InChI=1S/C48H62ClFN10O6S2/c1-28-39(67-27-56-28)32-12-10-30(11-13-32)23-54-43(63)37-21-34(61)25-60(37)44(64)40(58-45(65)48(50)16-17-48)47(2,3)68-26-31-8-6-29(7-9-31)22-52-18-19-53-42(62)33-14-15-36(38(20-33)66-5)57-46-55-24-35(49)41(51-4)59-46/h10-15,20,24,27,29,31,34,37,40,52,61H,6-9,16-19,21-23,25-26H2,1-5H3,(H,53,62)(H,54,63)(H,58,65)(H2,51,55,57,59)/t29?,31?,34-,37?,40-/m1/s1. The number of aromatic nitrogens is 3. The van der Waals surface area contributed by atoms with Gasteiger partial charge in [0.1, 0.15) is 28.7 Å². The lowest BCUT2D eigenvalue weighted by Crippen LogP contribution is -2.61. The van der Waals surface area contributed by atoms with Crippen molar-refractivity contribution in [2.75, 3.05) is 56.7 Å². The molecule has 0 bridgehead atoms. The number of thioether (sulfide) groups is 1. The van der Waals surface area contributed by atoms with Crippen LogP contribution in [-0.4, -0.2) is 123 Å². The summed E-state index contributed by atoms with van der Waals surface area (Å²) < 4.78 is 19.8. The molecule has 1 aliphatic heterocycles. The average molecular weight is 994 g/mol. The molecule has 2 saturated carbocycles. The fourth-order valence-electron chi connectivity index (χ4n) is 8.61. The quantitative estimate of drug-likeness (QED) is 0.0461. The van der Waals surface area contributed by atoms with Gasteiger partial charge in [-0.15, -0.1) is 11.3 Å². The third kappa shape index (κ3) is 12.8. The number of ether oxygens (including phenoxy) is 1. The number of hydrogen-bond donors (Lipinski definition) is 7. The molecule has 7 N–H and O–H groups in total. The summed E-state index contributed by atoms with van der Waals surface area (Å²) in [6, 6.07) is 10.9. The van der Waals surface area contributed by atoms with Crippen molar-refractivity contribution in [3.8, 4) is 16.2 Å². The van der Waals surface area contributed by atoms with Crippen molar-refractivity contribution < 1.29 is 33.4 Å². The fourth-order valence-corrected chi connectivity index (χ4v) is 10.9. The van der Waals surface area contributed by atoms with Crippen LogP contribution in [0.15, 0.2) is 54.2 Å². The van der Waals surface area contributed by atoms with E-state index in [1.165, 1.54) is 18.2 Å². The molecule has 3 fully saturated rings. The predicted molar refractivity (Wildman–Crippen MR) is 265 cm³/mol. The molecule has 3 atom stereocenters. The summed E-state index contributed by atoms with van der Waals surface area (Å²) in [6.07, 6.45) is 4.84. The number of aliphatic hydroxyl groups excluding tert-OH is 1. The van der Waals surface area contributed by atoms with Crippen LogP contribution in [0.2, 0.25) is 5.02 Å². The highest BCUT2D eigenvalue weighted by atomic mass is 35.5. The van der Waals surface area contributed by atoms with E-state index in [4.69, 9.17) is 16.3 Å². The number of halogens is 2. The molecule has 3 heterocycles. The number of β-amino-alcohol motifs (C(OH)–C–C–N with tert-alkyl or cyclic N) is 1. The molecule has 68 heavy (non-hydrogen) atoms. The molecule has 0 radical (unpaired) electrons. The van der Waals surface area contributed by atoms with E-state index in [9.17, 15) is 24.3 Å². The number of methoxy groups -OCH3 is 1. The van der Waals surface area contributed by atoms with Gasteiger partial charge in [0.25, 0.3) is 11.8 Å². The van der Waals surface area contributed by atoms with Gasteiger partial charge in [-0.2, -0.15) is 16.7 Å². The van der Waals surface area contributed by atoms with Crippen molar-refractivity contribution in [1.82, 2.24) is 41.1 Å². The minimum Gasteiger partial charge on any atom is -0.495 e. The second-order valence-electron chi connectivity index (χ2n) is 18.4. The van der Waals surface area contributed by atoms with Crippen LogP contribution in [-0.2, 0) is 20.9 Å². The number of nitrogens with one attached hydrogen (secondary N) is 6. The molecule has 2 aliphatic carbocycles. The van der Waals surface area contributed by atoms with Crippen molar-refractivity contribution in [2.45, 2.75) is 101 Å². The minimum absolute atomic E-state index is 0.0551. The van der Waals surface area contributed by atoms with Crippen molar-refractivity contribution in [3.63, 3.8) is 0 Å². The van der Waals surface area contributed by atoms with Gasteiger partial charge in [0.15, 0.2) is 5.67 Å². The topological polar surface area (TPSA) is 212 Å². The van der Waals surface area contributed by atoms with Crippen LogP contribution in [0.5, 0.6) is 5.75 Å². The first-order chi connectivity index (χ1) is 32.6. The van der Waals surface area contributed by atoms with Gasteiger partial charge in [-0.3, -0.25) is 19.2 Å². The SMILES string of the molecule is CNc1nc(Nc2ccc(C(=O)NCCNCC3CCC(CSC(C)(C)[C@H](NC(=O)C4(F)CC4)C(=O)N4C[C@H](O)CC4C(=O)NCc4ccc(-c5scnc5C)cc4)CC3)cc2OC)ncc1Cl. The first kappa shape index (κ1) is 50.8. The van der Waals surface area contributed by atoms with Gasteiger partial charge < -0.3 is 46.6 Å². The van der Waals surface area contributed by atoms with Gasteiger partial charge in [-0.1, -0.05) is 35.9 Å². The normalized spacial score (nSPS) is 20.3. The largest absolute Gasteiger partial charge is 0.495 e. The maximum absolute atomic E-state index is 15.1. The summed E-state index contributed by atoms with van der Waals surface area (Å²) in [7, 11) is 3.24. The van der Waals surface area contributed by atoms with E-state index in [-0.39, 0.29) is 38.3 Å². The third-order valence-corrected chi connectivity index (χ3v) is 15.8. The van der Waals surface area contributed by atoms with E-state index < -0.39 is 46.3 Å². The Balaban J connectivity index is 0.857. The van der Waals surface area contributed by atoms with Crippen LogP contribution in [0.1, 0.15) is 80.4 Å². The Morgan fingerprint density at radius 2 is 1.78 bits per heavy atom. The number of carbonyl (C=O) groups excluding carboxylic acids is 4. The van der Waals surface area contributed by atoms with Crippen LogP contribution in [0.25, 0.3) is 10.4 Å². The summed E-state index contributed by atoms with van der Waals surface area (Å²) >= 11 is 9.24. The molecule has 3 aliphatic rings. The zero-order chi connectivity index (χ0) is 48.6. The van der Waals surface area contributed by atoms with Gasteiger partial charge in [0.2, 0.25) is 17.8 Å². The summed E-state index contributed by atoms with van der Waals surface area (Å²) in [5, 5.41) is 29.3. The second-order valence-corrected chi connectivity index (χ2v) is 21.3. The molecule has 4 amide bonds. The van der Waals surface area contributed by atoms with Crippen molar-refractivity contribution in [2.24, 2.45) is 11.8 Å². The monoisotopic (exact) mass is 992 g/mol. The molecular weight excluding hydrogens is 931 g/mol. The maximum atomic E-state index is 15.1. The fraction of sp³-hybridized carbons (Fsp3) is 0.521. The van der Waals surface area contributed by atoms with Crippen LogP contribution >= 0.6 is 34.7 Å². The lowest BCUT2D eigenvalue weighted by molar-refractivity contribution is -0.143. The Morgan fingerprint density at radius 3 is 2.46 bits per heavy atom. The molecule has 1 unspecified atom stereocenters. The number of amides is 4. The maximum Gasteiger partial charge on any atom is 0.258 e. The molecule has 0 spiro atoms. The van der Waals surface area contributed by atoms with Gasteiger partial charge in [-0.25, -0.2) is 14.4 Å². The Labute approximate surface area is 410 Å². The Morgan fingerprint density at radius 1 is 1.04 bits per heavy atom. The van der Waals surface area contributed by atoms with E-state index in [0.717, 1.165) is 59.7 Å². The lowest BCUT2D eigenvalue weighted by atomic mass is 9.83. The Bertz CT molecular complexity index is 2420. The molecule has 4 aromatic rings. The van der Waals surface area contributed by atoms with E-state index in [0.29, 0.717) is 58.7 Å². The van der Waals surface area contributed by atoms with Crippen LogP contribution in [0.4, 0.5) is 21.8 Å². The number of alkyl halides is 1. The van der Waals surface area contributed by atoms with Crippen LogP contribution in [0, 0.1) is 18.8 Å². The molecule has 1 saturated heterocycles. The zero-order valence-electron chi connectivity index (χ0n) is 39.1. The Hall–Kier alpha value is -5.08. The summed E-state index contributed by atoms with van der Waals surface area (Å²) in [5.74, 6) is 0.896. The first-order valence-corrected chi connectivity index (χ1v) is 25.4. The number of carbonyl (C=O) groups is 4. The number of benzene rings is 2. The smallest absolute Gasteiger partial charge is 0.258 e. The number of thiazole rings is 1. The van der Waals surface area contributed by atoms with E-state index in [2.05, 4.69) is 46.9 Å². The highest BCUT2D eigenvalue weighted by Crippen LogP contribution is 2.42. The summed E-state index contributed by atoms with van der Waals surface area (Å²) in [6.45, 7) is 7.75. The van der Waals surface area contributed by atoms with Crippen molar-refractivity contribution in [3.05, 3.63) is 76.0 Å². The number of anilines is 3. The van der Waals surface area contributed by atoms with E-state index in [1.807, 2.05) is 50.5 Å². The molecule has 20 heteroatoms. The van der Waals surface area contributed by atoms with E-state index in [1.54, 1.807) is 48.3 Å². The van der Waals surface area contributed by atoms with Gasteiger partial charge in [0, 0.05) is 50.0 Å². The molecule has 366 valence electrons. The van der Waals surface area contributed by atoms with Crippen LogP contribution in [0.3, 0.4) is 0 Å². The number of rotatable bonds is 21. The molecular formula is C48H62ClFN10O6S2. The van der Waals surface area contributed by atoms with Crippen LogP contribution < -0.4 is 36.6 Å². The number of nitrogens with zero attached hydrogens (tertiary/aromatic N) is 4. The molecule has 2 aromatic heterocycles. The number of aliphatic hydroxyl groups is 1. The van der Waals surface area contributed by atoms with Crippen molar-refractivity contribution in [1.29, 1.82) is 0 Å². The second kappa shape index (κ2) is 22.6. The Kier molecular flexibility index (Phi) is 16.9. The first-order valence-electron chi connectivity index (χ1n) is 23.1. The number of aryl methyl sites for hydroxylation is 1. The zero-order valence-corrected chi connectivity index (χ0v) is 41.5. The summed E-state index contributed by atoms with van der Waals surface area (Å²) in [4.78, 5) is 69.7. The summed E-state index contributed by atoms with van der Waals surface area (Å²) in [5.41, 5.74) is 3.71. The lowest BCUT2D eigenvalue weighted by Gasteiger charge is -2.38. The number of hydrogen-bond acceptors (Lipinski definition) is 14. The molecule has 2 aromatic carbocycles. The minimum atomic E-state index is -2.00. The van der Waals surface area contributed by atoms with Gasteiger partial charge >= 0.3 is 0 Å². The van der Waals surface area contributed by atoms with Gasteiger partial charge in [0.05, 0.1) is 41.2 Å². The molecule has 7 rings (SSSR count). The predicted octanol–water partition coefficient (Wildman–Crippen LogP) is 6.26. The van der Waals surface area contributed by atoms with Crippen molar-refractivity contribution >= 4 is 75.8 Å². The number of likely N-dealkylation sites (tertiary alicyclic amines) is 1. The average Bonchev–Trinajstić information content (AvgIpc) is 3.75. The molecule has 16 nitrogen and oxygen atoms in total. The van der Waals surface area contributed by atoms with E-state index >= 15 is 4.39 Å².